The van der Waals surface area contributed by atoms with E-state index in [-0.39, 0.29) is 10.9 Å². The molecule has 0 spiro atoms. The van der Waals surface area contributed by atoms with Crippen molar-refractivity contribution >= 4 is 15.9 Å². The van der Waals surface area contributed by atoms with Crippen LogP contribution in [0.4, 0.5) is 0 Å². The fourth-order valence-electron chi connectivity index (χ4n) is 3.49. The number of sulfonamides is 1. The van der Waals surface area contributed by atoms with Crippen molar-refractivity contribution in [3.63, 3.8) is 0 Å². The zero-order valence-corrected chi connectivity index (χ0v) is 15.1. The highest BCUT2D eigenvalue weighted by atomic mass is 32.2. The maximum absolute atomic E-state index is 13.1. The van der Waals surface area contributed by atoms with Crippen LogP contribution in [0.15, 0.2) is 47.6 Å². The van der Waals surface area contributed by atoms with Crippen molar-refractivity contribution < 1.29 is 13.2 Å². The zero-order valence-electron chi connectivity index (χ0n) is 14.2. The van der Waals surface area contributed by atoms with Crippen LogP contribution in [0, 0.1) is 5.92 Å². The number of aromatic nitrogens is 2. The first-order chi connectivity index (χ1) is 11.8. The first-order valence-corrected chi connectivity index (χ1v) is 9.69. The summed E-state index contributed by atoms with van der Waals surface area (Å²) in [5, 5.41) is 4.17. The van der Waals surface area contributed by atoms with Crippen LogP contribution < -0.4 is 5.73 Å². The van der Waals surface area contributed by atoms with Crippen molar-refractivity contribution in [2.45, 2.75) is 43.7 Å². The van der Waals surface area contributed by atoms with Gasteiger partial charge in [-0.2, -0.15) is 9.40 Å². The molecule has 1 aromatic heterocycles. The van der Waals surface area contributed by atoms with E-state index in [1.54, 1.807) is 6.92 Å². The second-order valence-electron chi connectivity index (χ2n) is 6.47. The third-order valence-electron chi connectivity index (χ3n) is 4.83. The summed E-state index contributed by atoms with van der Waals surface area (Å²) in [6, 6.07) is 8.61. The molecule has 25 heavy (non-hydrogen) atoms. The van der Waals surface area contributed by atoms with Crippen LogP contribution in [0.1, 0.15) is 26.7 Å². The van der Waals surface area contributed by atoms with Crippen molar-refractivity contribution in [3.8, 4) is 5.69 Å². The van der Waals surface area contributed by atoms with Crippen LogP contribution in [0.2, 0.25) is 0 Å². The number of nitrogens with two attached hydrogens (primary N) is 1. The minimum Gasteiger partial charge on any atom is -0.369 e. The van der Waals surface area contributed by atoms with Gasteiger partial charge in [0.1, 0.15) is 4.90 Å². The van der Waals surface area contributed by atoms with E-state index in [0.717, 1.165) is 5.69 Å². The third kappa shape index (κ3) is 3.19. The Morgan fingerprint density at radius 3 is 2.52 bits per heavy atom. The monoisotopic (exact) mass is 362 g/mol. The summed E-state index contributed by atoms with van der Waals surface area (Å²) < 4.78 is 29.2. The fraction of sp³-hybridized carbons (Fsp3) is 0.412. The zero-order chi connectivity index (χ0) is 18.2. The fourth-order valence-corrected chi connectivity index (χ4v) is 5.31. The number of piperidine rings is 1. The quantitative estimate of drug-likeness (QED) is 0.892. The molecule has 1 fully saturated rings. The molecule has 3 rings (SSSR count). The van der Waals surface area contributed by atoms with E-state index in [2.05, 4.69) is 5.10 Å². The number of nitrogens with zero attached hydrogens (tertiary/aromatic N) is 3. The Hall–Kier alpha value is -2.19. The second kappa shape index (κ2) is 6.61. The predicted molar refractivity (Wildman–Crippen MR) is 93.4 cm³/mol. The Kier molecular flexibility index (Phi) is 4.66. The van der Waals surface area contributed by atoms with Gasteiger partial charge >= 0.3 is 0 Å². The highest BCUT2D eigenvalue weighted by molar-refractivity contribution is 7.89. The van der Waals surface area contributed by atoms with Gasteiger partial charge in [0.25, 0.3) is 0 Å². The molecule has 1 amide bonds. The number of carbonyl (C=O) groups excluding carboxylic acids is 1. The molecule has 3 atom stereocenters. The average molecular weight is 362 g/mol. The Morgan fingerprint density at radius 1 is 1.20 bits per heavy atom. The lowest BCUT2D eigenvalue weighted by molar-refractivity contribution is -0.124. The summed E-state index contributed by atoms with van der Waals surface area (Å²) in [6.07, 6.45) is 4.05. The molecule has 134 valence electrons. The second-order valence-corrected chi connectivity index (χ2v) is 8.31. The molecule has 3 unspecified atom stereocenters. The lowest BCUT2D eigenvalue weighted by Crippen LogP contribution is -2.54. The van der Waals surface area contributed by atoms with Crippen molar-refractivity contribution in [2.75, 3.05) is 0 Å². The van der Waals surface area contributed by atoms with Crippen LogP contribution in [-0.2, 0) is 14.8 Å². The lowest BCUT2D eigenvalue weighted by atomic mass is 9.88. The SMILES string of the molecule is CC1CCC(C(N)=O)C(C)N1S(=O)(=O)c1cnn(-c2ccccc2)c1. The van der Waals surface area contributed by atoms with E-state index in [4.69, 9.17) is 5.73 Å². The number of primary amides is 1. The van der Waals surface area contributed by atoms with Gasteiger partial charge in [-0.25, -0.2) is 13.1 Å². The maximum atomic E-state index is 13.1. The standard InChI is InChI=1S/C17H22N4O3S/c1-12-8-9-16(17(18)22)13(2)21(12)25(23,24)15-10-19-20(11-15)14-6-4-3-5-7-14/h3-7,10-13,16H,8-9H2,1-2H3,(H2,18,22). The number of hydrogen-bond acceptors (Lipinski definition) is 4. The number of carbonyl (C=O) groups is 1. The molecular formula is C17H22N4O3S. The van der Waals surface area contributed by atoms with Crippen LogP contribution in [0.25, 0.3) is 5.69 Å². The molecular weight excluding hydrogens is 340 g/mol. The van der Waals surface area contributed by atoms with Gasteiger partial charge in [-0.15, -0.1) is 0 Å². The molecule has 1 aliphatic rings. The lowest BCUT2D eigenvalue weighted by Gasteiger charge is -2.41. The Labute approximate surface area is 147 Å². The highest BCUT2D eigenvalue weighted by Crippen LogP contribution is 2.33. The average Bonchev–Trinajstić information content (AvgIpc) is 3.06. The molecule has 0 bridgehead atoms. The van der Waals surface area contributed by atoms with Crippen LogP contribution in [0.3, 0.4) is 0 Å². The molecule has 0 aliphatic carbocycles. The number of amides is 1. The summed E-state index contributed by atoms with van der Waals surface area (Å²) in [4.78, 5) is 11.8. The van der Waals surface area contributed by atoms with Gasteiger partial charge in [0.05, 0.1) is 24.0 Å². The van der Waals surface area contributed by atoms with Crippen molar-refractivity contribution in [1.82, 2.24) is 14.1 Å². The molecule has 1 aliphatic heterocycles. The molecule has 1 aromatic carbocycles. The minimum atomic E-state index is -3.77. The highest BCUT2D eigenvalue weighted by Gasteiger charge is 2.42. The van der Waals surface area contributed by atoms with Crippen LogP contribution in [0.5, 0.6) is 0 Å². The van der Waals surface area contributed by atoms with Crippen LogP contribution >= 0.6 is 0 Å². The smallest absolute Gasteiger partial charge is 0.246 e. The summed E-state index contributed by atoms with van der Waals surface area (Å²) in [7, 11) is -3.77. The molecule has 8 heteroatoms. The van der Waals surface area contributed by atoms with E-state index in [1.165, 1.54) is 21.4 Å². The third-order valence-corrected chi connectivity index (χ3v) is 6.89. The number of hydrogen-bond donors (Lipinski definition) is 1. The van der Waals surface area contributed by atoms with E-state index >= 15 is 0 Å². The largest absolute Gasteiger partial charge is 0.369 e. The van der Waals surface area contributed by atoms with Gasteiger partial charge in [0, 0.05) is 12.1 Å². The van der Waals surface area contributed by atoms with Gasteiger partial charge in [-0.05, 0) is 38.8 Å². The van der Waals surface area contributed by atoms with E-state index in [1.807, 2.05) is 37.3 Å². The predicted octanol–water partition coefficient (Wildman–Crippen LogP) is 1.54. The van der Waals surface area contributed by atoms with E-state index < -0.39 is 27.9 Å². The molecule has 7 nitrogen and oxygen atoms in total. The summed E-state index contributed by atoms with van der Waals surface area (Å²) in [6.45, 7) is 3.59. The summed E-state index contributed by atoms with van der Waals surface area (Å²) >= 11 is 0. The van der Waals surface area contributed by atoms with Crippen molar-refractivity contribution in [2.24, 2.45) is 11.7 Å². The topological polar surface area (TPSA) is 98.3 Å². The van der Waals surface area contributed by atoms with Crippen molar-refractivity contribution in [1.29, 1.82) is 0 Å². The number of para-hydroxylation sites is 1. The van der Waals surface area contributed by atoms with Gasteiger partial charge in [-0.3, -0.25) is 4.79 Å². The van der Waals surface area contributed by atoms with Crippen molar-refractivity contribution in [3.05, 3.63) is 42.7 Å². The van der Waals surface area contributed by atoms with E-state index in [9.17, 15) is 13.2 Å². The van der Waals surface area contributed by atoms with Gasteiger partial charge in [-0.1, -0.05) is 18.2 Å². The van der Waals surface area contributed by atoms with Crippen LogP contribution in [-0.4, -0.2) is 40.5 Å². The molecule has 1 saturated heterocycles. The minimum absolute atomic E-state index is 0.111. The first-order valence-electron chi connectivity index (χ1n) is 8.25. The van der Waals surface area contributed by atoms with Gasteiger partial charge in [0.15, 0.2) is 0 Å². The Morgan fingerprint density at radius 2 is 1.88 bits per heavy atom. The molecule has 0 saturated carbocycles. The van der Waals surface area contributed by atoms with Gasteiger partial charge in [0.2, 0.25) is 15.9 Å². The first kappa shape index (κ1) is 17.6. The summed E-state index contributed by atoms with van der Waals surface area (Å²) in [5.41, 5.74) is 6.23. The molecule has 2 heterocycles. The molecule has 0 radical (unpaired) electrons. The summed E-state index contributed by atoms with van der Waals surface area (Å²) in [5.74, 6) is -0.935. The number of benzene rings is 1. The molecule has 2 aromatic rings. The Bertz CT molecular complexity index is 863. The number of rotatable bonds is 4. The normalized spacial score (nSPS) is 25.0. The molecule has 2 N–H and O–H groups in total. The maximum Gasteiger partial charge on any atom is 0.246 e. The van der Waals surface area contributed by atoms with E-state index in [0.29, 0.717) is 12.8 Å². The van der Waals surface area contributed by atoms with Gasteiger partial charge < -0.3 is 5.73 Å². The Balaban J connectivity index is 1.95.